The average Bonchev–Trinajstić information content (AvgIpc) is 2.58. The summed E-state index contributed by atoms with van der Waals surface area (Å²) in [5, 5.41) is 0.276. The highest BCUT2D eigenvalue weighted by atomic mass is 32.3. The Hall–Kier alpha value is -1.36. The van der Waals surface area contributed by atoms with E-state index in [-0.39, 0.29) is 5.17 Å². The van der Waals surface area contributed by atoms with Gasteiger partial charge in [0, 0.05) is 0 Å². The Morgan fingerprint density at radius 2 is 1.88 bits per heavy atom. The van der Waals surface area contributed by atoms with Crippen molar-refractivity contribution < 1.29 is 30.2 Å². The number of benzene rings is 1. The second-order valence-corrected chi connectivity index (χ2v) is 4.10. The Bertz CT molecular complexity index is 530. The molecule has 1 aromatic rings. The lowest BCUT2D eigenvalue weighted by atomic mass is 10.2. The Morgan fingerprint density at radius 1 is 1.24 bits per heavy atom. The third kappa shape index (κ3) is 2.49. The summed E-state index contributed by atoms with van der Waals surface area (Å²) in [6.07, 6.45) is -4.64. The topological polar surface area (TPSA) is 67.9 Å². The zero-order chi connectivity index (χ0) is 12.7. The summed E-state index contributed by atoms with van der Waals surface area (Å²) in [5.74, 6) is 0. The van der Waals surface area contributed by atoms with Gasteiger partial charge in [0.05, 0.1) is 11.3 Å². The van der Waals surface area contributed by atoms with Crippen LogP contribution in [-0.4, -0.2) is 8.42 Å². The van der Waals surface area contributed by atoms with Crippen molar-refractivity contribution in [1.82, 2.24) is 5.59 Å². The van der Waals surface area contributed by atoms with Crippen molar-refractivity contribution in [2.75, 3.05) is 5.17 Å². The van der Waals surface area contributed by atoms with E-state index in [9.17, 15) is 21.6 Å². The van der Waals surface area contributed by atoms with E-state index in [1.165, 1.54) is 6.07 Å². The molecule has 0 unspecified atom stereocenters. The van der Waals surface area contributed by atoms with Gasteiger partial charge >= 0.3 is 16.6 Å². The minimum atomic E-state index is -4.64. The number of rotatable bonds is 1. The van der Waals surface area contributed by atoms with Crippen molar-refractivity contribution in [3.63, 3.8) is 0 Å². The third-order valence-electron chi connectivity index (χ3n) is 1.82. The molecule has 94 valence electrons. The monoisotopic (exact) mass is 270 g/mol. The first-order chi connectivity index (χ1) is 7.80. The lowest BCUT2D eigenvalue weighted by Gasteiger charge is -2.17. The largest absolute Gasteiger partial charge is 0.440 e. The zero-order valence-corrected chi connectivity index (χ0v) is 8.75. The average molecular weight is 270 g/mol. The molecule has 1 heterocycles. The van der Waals surface area contributed by atoms with Crippen LogP contribution < -0.4 is 10.8 Å². The van der Waals surface area contributed by atoms with E-state index in [0.717, 1.165) is 18.2 Å². The normalized spacial score (nSPS) is 19.6. The second kappa shape index (κ2) is 3.84. The molecule has 1 fully saturated rings. The van der Waals surface area contributed by atoms with Gasteiger partial charge in [0.2, 0.25) is 0 Å². The van der Waals surface area contributed by atoms with Gasteiger partial charge in [-0.3, -0.25) is 0 Å². The Labute approximate surface area is 93.7 Å². The van der Waals surface area contributed by atoms with Gasteiger partial charge in [-0.05, 0) is 12.1 Å². The molecule has 1 aliphatic rings. The number of halogens is 3. The molecule has 0 radical (unpaired) electrons. The van der Waals surface area contributed by atoms with Crippen LogP contribution >= 0.6 is 0 Å². The van der Waals surface area contributed by atoms with Crippen LogP contribution in [-0.2, 0) is 25.1 Å². The maximum atomic E-state index is 12.6. The van der Waals surface area contributed by atoms with E-state index in [2.05, 4.69) is 8.57 Å². The number of nitrogens with one attached hydrogen (secondary N) is 1. The summed E-state index contributed by atoms with van der Waals surface area (Å²) in [6, 6.07) is 4.27. The molecule has 0 spiro atoms. The molecule has 0 amide bonds. The van der Waals surface area contributed by atoms with Crippen molar-refractivity contribution in [1.29, 1.82) is 0 Å². The van der Waals surface area contributed by atoms with E-state index in [0.29, 0.717) is 0 Å². The minimum absolute atomic E-state index is 0.276. The zero-order valence-electron chi connectivity index (χ0n) is 7.93. The molecule has 0 atom stereocenters. The predicted octanol–water partition coefficient (Wildman–Crippen LogP) is 1.14. The molecule has 1 saturated heterocycles. The van der Waals surface area contributed by atoms with Crippen molar-refractivity contribution in [2.45, 2.75) is 6.18 Å². The summed E-state index contributed by atoms with van der Waals surface area (Å²) in [5.41, 5.74) is 0.110. The number of nitrogens with zero attached hydrogens (tertiary/aromatic N) is 1. The summed E-state index contributed by atoms with van der Waals surface area (Å²) in [4.78, 5) is 0. The highest BCUT2D eigenvalue weighted by Gasteiger charge is 2.38. The fourth-order valence-corrected chi connectivity index (χ4v) is 1.66. The van der Waals surface area contributed by atoms with Crippen molar-refractivity contribution in [2.24, 2.45) is 0 Å². The first kappa shape index (κ1) is 12.1. The maximum absolute atomic E-state index is 12.6. The summed E-state index contributed by atoms with van der Waals surface area (Å²) in [7, 11) is -4.36. The molecule has 0 aliphatic carbocycles. The third-order valence-corrected chi connectivity index (χ3v) is 2.43. The fraction of sp³-hybridized carbons (Fsp3) is 0.143. The molecule has 0 saturated carbocycles. The predicted molar refractivity (Wildman–Crippen MR) is 48.1 cm³/mol. The van der Waals surface area contributed by atoms with Crippen LogP contribution in [0.15, 0.2) is 24.3 Å². The first-order valence-electron chi connectivity index (χ1n) is 4.14. The standard InChI is InChI=1S/C7H5F3N2O4S/c8-7(9,10)5-3-1-2-4-6(5)12-11-15-17(13,14)16-12/h1-4,11H. The van der Waals surface area contributed by atoms with E-state index in [4.69, 9.17) is 0 Å². The molecular formula is C7H5F3N2O4S. The van der Waals surface area contributed by atoms with Crippen molar-refractivity contribution in [3.8, 4) is 0 Å². The van der Waals surface area contributed by atoms with E-state index in [1.807, 2.05) is 0 Å². The highest BCUT2D eigenvalue weighted by molar-refractivity contribution is 7.82. The maximum Gasteiger partial charge on any atom is 0.440 e. The molecular weight excluding hydrogens is 265 g/mol. The quantitative estimate of drug-likeness (QED) is 0.825. The fourth-order valence-electron chi connectivity index (χ4n) is 1.18. The van der Waals surface area contributed by atoms with Crippen LogP contribution in [0.4, 0.5) is 18.9 Å². The number of anilines is 1. The van der Waals surface area contributed by atoms with E-state index in [1.54, 1.807) is 5.59 Å². The van der Waals surface area contributed by atoms with Gasteiger partial charge in [-0.1, -0.05) is 17.7 Å². The van der Waals surface area contributed by atoms with Crippen molar-refractivity contribution >= 4 is 16.1 Å². The summed E-state index contributed by atoms with van der Waals surface area (Å²) >= 11 is 0. The molecule has 1 aromatic carbocycles. The first-order valence-corrected chi connectivity index (χ1v) is 5.48. The number of hydrazine groups is 1. The van der Waals surface area contributed by atoms with Gasteiger partial charge in [0.15, 0.2) is 0 Å². The van der Waals surface area contributed by atoms with Crippen LogP contribution in [0.25, 0.3) is 0 Å². The van der Waals surface area contributed by atoms with Gasteiger partial charge < -0.3 is 0 Å². The van der Waals surface area contributed by atoms with Crippen LogP contribution in [0.1, 0.15) is 5.56 Å². The molecule has 17 heavy (non-hydrogen) atoms. The molecule has 0 bridgehead atoms. The Kier molecular flexibility index (Phi) is 2.73. The lowest BCUT2D eigenvalue weighted by molar-refractivity contribution is -0.137. The number of hydrogen-bond donors (Lipinski definition) is 1. The molecule has 1 N–H and O–H groups in total. The molecule has 10 heteroatoms. The number of hydrogen-bond acceptors (Lipinski definition) is 6. The van der Waals surface area contributed by atoms with Gasteiger partial charge in [0.25, 0.3) is 0 Å². The molecule has 0 aromatic heterocycles. The van der Waals surface area contributed by atoms with Gasteiger partial charge in [-0.25, -0.2) is 0 Å². The van der Waals surface area contributed by atoms with Gasteiger partial charge in [-0.15, -0.1) is 13.7 Å². The SMILES string of the molecule is O=S1(=O)ONN(c2ccccc2C(F)(F)F)O1. The van der Waals surface area contributed by atoms with Crippen LogP contribution in [0.2, 0.25) is 0 Å². The lowest BCUT2D eigenvalue weighted by Crippen LogP contribution is -2.30. The molecule has 1 aliphatic heterocycles. The highest BCUT2D eigenvalue weighted by Crippen LogP contribution is 2.36. The van der Waals surface area contributed by atoms with Crippen LogP contribution in [0.5, 0.6) is 0 Å². The summed E-state index contributed by atoms with van der Waals surface area (Å²) in [6.45, 7) is 0. The minimum Gasteiger partial charge on any atom is -0.166 e. The summed E-state index contributed by atoms with van der Waals surface area (Å²) < 4.78 is 67.3. The smallest absolute Gasteiger partial charge is 0.166 e. The van der Waals surface area contributed by atoms with Crippen molar-refractivity contribution in [3.05, 3.63) is 29.8 Å². The van der Waals surface area contributed by atoms with Gasteiger partial charge in [0.1, 0.15) is 0 Å². The van der Waals surface area contributed by atoms with Crippen LogP contribution in [0.3, 0.4) is 0 Å². The molecule has 6 nitrogen and oxygen atoms in total. The Balaban J connectivity index is 2.40. The van der Waals surface area contributed by atoms with E-state index < -0.39 is 27.8 Å². The number of alkyl halides is 3. The Morgan fingerprint density at radius 3 is 2.41 bits per heavy atom. The van der Waals surface area contributed by atoms with E-state index >= 15 is 0 Å². The van der Waals surface area contributed by atoms with Gasteiger partial charge in [-0.2, -0.15) is 21.6 Å². The van der Waals surface area contributed by atoms with Crippen LogP contribution in [0, 0.1) is 0 Å². The second-order valence-electron chi connectivity index (χ2n) is 2.97. The number of para-hydroxylation sites is 1. The molecule has 2 rings (SSSR count).